The molecule has 1 aromatic carbocycles. The SMILES string of the molecule is O=[N+]([O-])c1ccc(-c2noc(C3CCCCN3)n2)cc1. The molecule has 7 nitrogen and oxygen atoms in total. The Morgan fingerprint density at radius 1 is 1.30 bits per heavy atom. The maximum atomic E-state index is 10.6. The molecule has 1 fully saturated rings. The minimum absolute atomic E-state index is 0.0476. The molecule has 104 valence electrons. The largest absolute Gasteiger partial charge is 0.337 e. The molecule has 7 heteroatoms. The molecule has 1 aliphatic rings. The normalized spacial score (nSPS) is 18.9. The van der Waals surface area contributed by atoms with Crippen molar-refractivity contribution in [2.24, 2.45) is 0 Å². The number of hydrogen-bond donors (Lipinski definition) is 1. The van der Waals surface area contributed by atoms with Crippen LogP contribution in [0.3, 0.4) is 0 Å². The number of hydrogen-bond acceptors (Lipinski definition) is 6. The molecular weight excluding hydrogens is 260 g/mol. The highest BCUT2D eigenvalue weighted by Gasteiger charge is 2.21. The van der Waals surface area contributed by atoms with Crippen molar-refractivity contribution in [3.05, 3.63) is 40.3 Å². The monoisotopic (exact) mass is 274 g/mol. The van der Waals surface area contributed by atoms with Gasteiger partial charge >= 0.3 is 0 Å². The lowest BCUT2D eigenvalue weighted by molar-refractivity contribution is -0.384. The van der Waals surface area contributed by atoms with Gasteiger partial charge in [0.2, 0.25) is 11.7 Å². The predicted octanol–water partition coefficient (Wildman–Crippen LogP) is 2.46. The fraction of sp³-hybridized carbons (Fsp3) is 0.385. The van der Waals surface area contributed by atoms with Crippen molar-refractivity contribution in [2.75, 3.05) is 6.54 Å². The minimum atomic E-state index is -0.433. The van der Waals surface area contributed by atoms with Crippen LogP contribution >= 0.6 is 0 Å². The zero-order valence-corrected chi connectivity index (χ0v) is 10.8. The number of aromatic nitrogens is 2. The van der Waals surface area contributed by atoms with Crippen LogP contribution in [0.25, 0.3) is 11.4 Å². The Labute approximate surface area is 115 Å². The van der Waals surface area contributed by atoms with Gasteiger partial charge in [-0.15, -0.1) is 0 Å². The van der Waals surface area contributed by atoms with Crippen LogP contribution in [0, 0.1) is 10.1 Å². The molecule has 0 amide bonds. The van der Waals surface area contributed by atoms with E-state index in [1.807, 2.05) is 0 Å². The number of rotatable bonds is 3. The smallest absolute Gasteiger partial charge is 0.269 e. The van der Waals surface area contributed by atoms with E-state index in [9.17, 15) is 10.1 Å². The number of nitrogens with zero attached hydrogens (tertiary/aromatic N) is 3. The Morgan fingerprint density at radius 2 is 2.10 bits per heavy atom. The van der Waals surface area contributed by atoms with Gasteiger partial charge in [-0.3, -0.25) is 10.1 Å². The van der Waals surface area contributed by atoms with Crippen LogP contribution in [0.15, 0.2) is 28.8 Å². The molecule has 0 radical (unpaired) electrons. The Bertz CT molecular complexity index is 602. The summed E-state index contributed by atoms with van der Waals surface area (Å²) in [6.07, 6.45) is 3.30. The van der Waals surface area contributed by atoms with Gasteiger partial charge in [-0.05, 0) is 31.5 Å². The molecule has 1 unspecified atom stereocenters. The van der Waals surface area contributed by atoms with Crippen molar-refractivity contribution < 1.29 is 9.45 Å². The summed E-state index contributed by atoms with van der Waals surface area (Å²) in [5, 5.41) is 17.9. The summed E-state index contributed by atoms with van der Waals surface area (Å²) < 4.78 is 5.28. The van der Waals surface area contributed by atoms with Crippen molar-refractivity contribution in [1.82, 2.24) is 15.5 Å². The van der Waals surface area contributed by atoms with E-state index in [2.05, 4.69) is 15.5 Å². The number of benzene rings is 1. The third-order valence-electron chi connectivity index (χ3n) is 3.39. The highest BCUT2D eigenvalue weighted by molar-refractivity contribution is 5.56. The van der Waals surface area contributed by atoms with Gasteiger partial charge in [0.05, 0.1) is 11.0 Å². The summed E-state index contributed by atoms with van der Waals surface area (Å²) >= 11 is 0. The summed E-state index contributed by atoms with van der Waals surface area (Å²) in [6.45, 7) is 0.958. The zero-order valence-electron chi connectivity index (χ0n) is 10.8. The topological polar surface area (TPSA) is 94.1 Å². The van der Waals surface area contributed by atoms with Crippen LogP contribution in [0.4, 0.5) is 5.69 Å². The van der Waals surface area contributed by atoms with E-state index >= 15 is 0 Å². The first-order valence-corrected chi connectivity index (χ1v) is 6.56. The molecule has 0 aliphatic carbocycles. The van der Waals surface area contributed by atoms with Crippen LogP contribution < -0.4 is 5.32 Å². The quantitative estimate of drug-likeness (QED) is 0.682. The lowest BCUT2D eigenvalue weighted by Crippen LogP contribution is -2.26. The summed E-state index contributed by atoms with van der Waals surface area (Å²) in [7, 11) is 0. The molecule has 0 spiro atoms. The Morgan fingerprint density at radius 3 is 2.75 bits per heavy atom. The molecule has 0 saturated carbocycles. The highest BCUT2D eigenvalue weighted by Crippen LogP contribution is 2.25. The van der Waals surface area contributed by atoms with Crippen LogP contribution in [0.5, 0.6) is 0 Å². The van der Waals surface area contributed by atoms with Gasteiger partial charge < -0.3 is 9.84 Å². The fourth-order valence-electron chi connectivity index (χ4n) is 2.29. The molecule has 1 atom stereocenters. The van der Waals surface area contributed by atoms with Crippen LogP contribution in [-0.2, 0) is 0 Å². The average molecular weight is 274 g/mol. The van der Waals surface area contributed by atoms with Crippen molar-refractivity contribution >= 4 is 5.69 Å². The van der Waals surface area contributed by atoms with Gasteiger partial charge in [0.15, 0.2) is 0 Å². The molecule has 0 bridgehead atoms. The first kappa shape index (κ1) is 12.7. The van der Waals surface area contributed by atoms with Crippen molar-refractivity contribution in [2.45, 2.75) is 25.3 Å². The van der Waals surface area contributed by atoms with Crippen molar-refractivity contribution in [3.63, 3.8) is 0 Å². The molecule has 2 heterocycles. The van der Waals surface area contributed by atoms with Gasteiger partial charge in [0, 0.05) is 17.7 Å². The predicted molar refractivity (Wildman–Crippen MR) is 71.0 cm³/mol. The second-order valence-electron chi connectivity index (χ2n) is 4.76. The summed E-state index contributed by atoms with van der Waals surface area (Å²) in [4.78, 5) is 14.5. The van der Waals surface area contributed by atoms with Crippen LogP contribution in [0.2, 0.25) is 0 Å². The first-order chi connectivity index (χ1) is 9.74. The first-order valence-electron chi connectivity index (χ1n) is 6.56. The second kappa shape index (κ2) is 5.38. The zero-order chi connectivity index (χ0) is 13.9. The summed E-state index contributed by atoms with van der Waals surface area (Å²) in [5.41, 5.74) is 0.757. The molecule has 2 aromatic rings. The second-order valence-corrected chi connectivity index (χ2v) is 4.76. The van der Waals surface area contributed by atoms with Crippen molar-refractivity contribution in [3.8, 4) is 11.4 Å². The molecule has 1 N–H and O–H groups in total. The van der Waals surface area contributed by atoms with E-state index < -0.39 is 4.92 Å². The number of non-ortho nitro benzene ring substituents is 1. The Balaban J connectivity index is 1.80. The number of nitrogens with one attached hydrogen (secondary N) is 1. The number of piperidine rings is 1. The van der Waals surface area contributed by atoms with E-state index in [-0.39, 0.29) is 11.7 Å². The maximum Gasteiger partial charge on any atom is 0.269 e. The Kier molecular flexibility index (Phi) is 3.42. The lowest BCUT2D eigenvalue weighted by Gasteiger charge is -2.19. The van der Waals surface area contributed by atoms with E-state index in [1.165, 1.54) is 18.6 Å². The maximum absolute atomic E-state index is 10.6. The molecule has 1 aromatic heterocycles. The van der Waals surface area contributed by atoms with Gasteiger partial charge in [0.1, 0.15) is 0 Å². The van der Waals surface area contributed by atoms with Gasteiger partial charge in [-0.25, -0.2) is 0 Å². The third kappa shape index (κ3) is 2.53. The third-order valence-corrected chi connectivity index (χ3v) is 3.39. The van der Waals surface area contributed by atoms with E-state index in [4.69, 9.17) is 4.52 Å². The van der Waals surface area contributed by atoms with E-state index in [0.29, 0.717) is 17.3 Å². The van der Waals surface area contributed by atoms with Gasteiger partial charge in [-0.2, -0.15) is 4.98 Å². The van der Waals surface area contributed by atoms with Gasteiger partial charge in [-0.1, -0.05) is 11.6 Å². The number of nitro benzene ring substituents is 1. The summed E-state index contributed by atoms with van der Waals surface area (Å²) in [5.74, 6) is 1.04. The average Bonchev–Trinajstić information content (AvgIpc) is 2.98. The standard InChI is InChI=1S/C13H14N4O3/c18-17(19)10-6-4-9(5-7-10)12-15-13(20-16-12)11-3-1-2-8-14-11/h4-7,11,14H,1-3,8H2. The van der Waals surface area contributed by atoms with E-state index in [0.717, 1.165) is 19.4 Å². The lowest BCUT2D eigenvalue weighted by atomic mass is 10.1. The summed E-state index contributed by atoms with van der Waals surface area (Å²) in [6, 6.07) is 6.24. The molecule has 3 rings (SSSR count). The van der Waals surface area contributed by atoms with Crippen LogP contribution in [0.1, 0.15) is 31.2 Å². The van der Waals surface area contributed by atoms with E-state index in [1.54, 1.807) is 12.1 Å². The van der Waals surface area contributed by atoms with Crippen molar-refractivity contribution in [1.29, 1.82) is 0 Å². The van der Waals surface area contributed by atoms with Gasteiger partial charge in [0.25, 0.3) is 5.69 Å². The number of nitro groups is 1. The minimum Gasteiger partial charge on any atom is -0.337 e. The molecule has 1 saturated heterocycles. The molecular formula is C13H14N4O3. The highest BCUT2D eigenvalue weighted by atomic mass is 16.6. The molecule has 1 aliphatic heterocycles. The van der Waals surface area contributed by atoms with Crippen LogP contribution in [-0.4, -0.2) is 21.6 Å². The fourth-order valence-corrected chi connectivity index (χ4v) is 2.29. The Hall–Kier alpha value is -2.28. The molecule has 20 heavy (non-hydrogen) atoms.